The number of hydrogen-bond donors (Lipinski definition) is 5. The molecule has 2 unspecified atom stereocenters. The van der Waals surface area contributed by atoms with Crippen molar-refractivity contribution in [3.63, 3.8) is 0 Å². The first-order valence-corrected chi connectivity index (χ1v) is 12.2. The van der Waals surface area contributed by atoms with Gasteiger partial charge >= 0.3 is 0 Å². The van der Waals surface area contributed by atoms with Gasteiger partial charge in [0.2, 0.25) is 0 Å². The van der Waals surface area contributed by atoms with Crippen LogP contribution in [0.5, 0.6) is 0 Å². The van der Waals surface area contributed by atoms with Crippen LogP contribution < -0.4 is 10.6 Å². The normalized spacial score (nSPS) is 21.9. The van der Waals surface area contributed by atoms with Gasteiger partial charge in [0.05, 0.1) is 24.5 Å². The first-order valence-electron chi connectivity index (χ1n) is 12.2. The summed E-state index contributed by atoms with van der Waals surface area (Å²) in [6.45, 7) is 5.11. The molecule has 0 amide bonds. The van der Waals surface area contributed by atoms with Crippen molar-refractivity contribution in [2.24, 2.45) is 0 Å². The van der Waals surface area contributed by atoms with Gasteiger partial charge in [-0.05, 0) is 57.1 Å². The molecule has 2 atom stereocenters. The Labute approximate surface area is 201 Å². The van der Waals surface area contributed by atoms with Gasteiger partial charge in [-0.3, -0.25) is 5.10 Å². The summed E-state index contributed by atoms with van der Waals surface area (Å²) < 4.78 is 11.2. The average molecular weight is 471 g/mol. The predicted molar refractivity (Wildman–Crippen MR) is 135 cm³/mol. The second-order valence-corrected chi connectivity index (χ2v) is 8.62. The second kappa shape index (κ2) is 13.8. The molecule has 3 heterocycles. The third-order valence-electron chi connectivity index (χ3n) is 5.94. The Bertz CT molecular complexity index is 881. The smallest absolute Gasteiger partial charge is 0.142 e. The largest absolute Gasteiger partial charge is 0.389 e. The minimum Gasteiger partial charge on any atom is -0.389 e. The molecule has 2 aliphatic rings. The van der Waals surface area contributed by atoms with Gasteiger partial charge in [0.1, 0.15) is 17.5 Å². The van der Waals surface area contributed by atoms with E-state index in [0.717, 1.165) is 57.0 Å². The molecule has 1 saturated heterocycles. The number of ether oxygens (including phenoxy) is 2. The summed E-state index contributed by atoms with van der Waals surface area (Å²) in [4.78, 5) is 4.46. The standard InChI is InChI=1S/C14H20N6O.C11H18O2/c1-2-8-21-9-7-16-12-4-3-11(10-15)14(18-12)19-13-5-6-17-20-13;12-10-4-1-2-6-11(8-5-10)7-3-9-13-11/h3-6,10,15H,2,7-9H2,1H3,(H3,16,17,18,19,20);1,4,10,12H,2-3,5-9H2. The highest BCUT2D eigenvalue weighted by atomic mass is 16.5. The fourth-order valence-corrected chi connectivity index (χ4v) is 4.12. The number of rotatable bonds is 9. The van der Waals surface area contributed by atoms with Crippen molar-refractivity contribution >= 4 is 23.7 Å². The molecule has 9 heteroatoms. The van der Waals surface area contributed by atoms with Gasteiger partial charge in [0.25, 0.3) is 0 Å². The molecule has 5 N–H and O–H groups in total. The zero-order chi connectivity index (χ0) is 24.1. The van der Waals surface area contributed by atoms with Gasteiger partial charge in [-0.15, -0.1) is 0 Å². The summed E-state index contributed by atoms with van der Waals surface area (Å²) in [6, 6.07) is 5.49. The highest BCUT2D eigenvalue weighted by Crippen LogP contribution is 2.36. The summed E-state index contributed by atoms with van der Waals surface area (Å²) in [5.74, 6) is 2.07. The highest BCUT2D eigenvalue weighted by Gasteiger charge is 2.34. The molecule has 34 heavy (non-hydrogen) atoms. The third-order valence-corrected chi connectivity index (χ3v) is 5.94. The lowest BCUT2D eigenvalue weighted by Gasteiger charge is -2.30. The molecule has 2 aromatic heterocycles. The van der Waals surface area contributed by atoms with Crippen molar-refractivity contribution in [1.29, 1.82) is 5.41 Å². The maximum absolute atomic E-state index is 9.52. The summed E-state index contributed by atoms with van der Waals surface area (Å²) in [5, 5.41) is 29.9. The molecule has 0 bridgehead atoms. The number of aliphatic hydroxyl groups excluding tert-OH is 1. The minimum absolute atomic E-state index is 0.117. The van der Waals surface area contributed by atoms with Crippen LogP contribution in [0.2, 0.25) is 0 Å². The van der Waals surface area contributed by atoms with Crippen molar-refractivity contribution in [2.45, 2.75) is 63.6 Å². The van der Waals surface area contributed by atoms with Crippen LogP contribution in [-0.2, 0) is 9.47 Å². The van der Waals surface area contributed by atoms with Crippen LogP contribution >= 0.6 is 0 Å². The Hall–Kier alpha value is -2.75. The zero-order valence-electron chi connectivity index (χ0n) is 20.1. The number of anilines is 3. The van der Waals surface area contributed by atoms with Gasteiger partial charge in [0, 0.05) is 37.6 Å². The van der Waals surface area contributed by atoms with Crippen LogP contribution in [0.4, 0.5) is 17.5 Å². The molecular formula is C25H38N6O3. The lowest BCUT2D eigenvalue weighted by molar-refractivity contribution is -0.0179. The lowest BCUT2D eigenvalue weighted by Crippen LogP contribution is -2.29. The van der Waals surface area contributed by atoms with E-state index in [0.29, 0.717) is 24.5 Å². The van der Waals surface area contributed by atoms with E-state index in [9.17, 15) is 5.11 Å². The lowest BCUT2D eigenvalue weighted by atomic mass is 9.86. The molecule has 0 radical (unpaired) electrons. The highest BCUT2D eigenvalue weighted by molar-refractivity contribution is 5.86. The molecule has 1 aliphatic heterocycles. The van der Waals surface area contributed by atoms with Crippen molar-refractivity contribution in [3.05, 3.63) is 42.1 Å². The molecule has 1 aliphatic carbocycles. The third kappa shape index (κ3) is 8.23. The minimum atomic E-state index is -0.249. The Balaban J connectivity index is 0.000000212. The number of allylic oxidation sites excluding steroid dienone is 1. The van der Waals surface area contributed by atoms with E-state index in [4.69, 9.17) is 14.9 Å². The second-order valence-electron chi connectivity index (χ2n) is 8.62. The number of H-pyrrole nitrogens is 1. The van der Waals surface area contributed by atoms with Crippen LogP contribution in [-0.4, -0.2) is 64.6 Å². The van der Waals surface area contributed by atoms with Crippen molar-refractivity contribution in [2.75, 3.05) is 37.0 Å². The van der Waals surface area contributed by atoms with Crippen LogP contribution in [0.25, 0.3) is 0 Å². The number of aromatic nitrogens is 3. The Morgan fingerprint density at radius 2 is 2.21 bits per heavy atom. The number of nitrogens with one attached hydrogen (secondary N) is 4. The first kappa shape index (κ1) is 25.9. The number of hydrogen-bond acceptors (Lipinski definition) is 8. The van der Waals surface area contributed by atoms with Crippen LogP contribution in [0.3, 0.4) is 0 Å². The average Bonchev–Trinajstić information content (AvgIpc) is 3.53. The summed E-state index contributed by atoms with van der Waals surface area (Å²) >= 11 is 0. The molecular weight excluding hydrogens is 432 g/mol. The van der Waals surface area contributed by atoms with E-state index < -0.39 is 0 Å². The predicted octanol–water partition coefficient (Wildman–Crippen LogP) is 4.41. The van der Waals surface area contributed by atoms with Gasteiger partial charge in [-0.1, -0.05) is 19.1 Å². The molecule has 0 aromatic carbocycles. The van der Waals surface area contributed by atoms with E-state index in [2.05, 4.69) is 38.8 Å². The summed E-state index contributed by atoms with van der Waals surface area (Å²) in [7, 11) is 0. The quantitative estimate of drug-likeness (QED) is 0.209. The Kier molecular flexibility index (Phi) is 10.5. The zero-order valence-corrected chi connectivity index (χ0v) is 20.1. The van der Waals surface area contributed by atoms with Crippen LogP contribution in [0.15, 0.2) is 36.5 Å². The van der Waals surface area contributed by atoms with Crippen molar-refractivity contribution in [3.8, 4) is 0 Å². The van der Waals surface area contributed by atoms with Gasteiger partial charge < -0.3 is 30.6 Å². The first-order chi connectivity index (χ1) is 16.6. The van der Waals surface area contributed by atoms with Gasteiger partial charge in [-0.2, -0.15) is 5.10 Å². The van der Waals surface area contributed by atoms with E-state index in [1.54, 1.807) is 12.3 Å². The maximum Gasteiger partial charge on any atom is 0.142 e. The molecule has 2 aromatic rings. The van der Waals surface area contributed by atoms with E-state index in [1.165, 1.54) is 19.1 Å². The van der Waals surface area contributed by atoms with Gasteiger partial charge in [0.15, 0.2) is 0 Å². The molecule has 0 saturated carbocycles. The van der Waals surface area contributed by atoms with Crippen LogP contribution in [0, 0.1) is 5.41 Å². The molecule has 9 nitrogen and oxygen atoms in total. The molecule has 4 rings (SSSR count). The Morgan fingerprint density at radius 3 is 2.94 bits per heavy atom. The maximum atomic E-state index is 9.52. The fraction of sp³-hybridized carbons (Fsp3) is 0.560. The van der Waals surface area contributed by atoms with Crippen LogP contribution in [0.1, 0.15) is 57.4 Å². The molecule has 1 spiro atoms. The molecule has 186 valence electrons. The Morgan fingerprint density at radius 1 is 1.29 bits per heavy atom. The van der Waals surface area contributed by atoms with E-state index in [1.807, 2.05) is 18.2 Å². The fourth-order valence-electron chi connectivity index (χ4n) is 4.12. The summed E-state index contributed by atoms with van der Waals surface area (Å²) in [5.41, 5.74) is 0.823. The van der Waals surface area contributed by atoms with Gasteiger partial charge in [-0.25, -0.2) is 4.98 Å². The van der Waals surface area contributed by atoms with E-state index in [-0.39, 0.29) is 11.7 Å². The molecule has 1 fully saturated rings. The SMILES string of the molecule is CCCOCCNc1ccc(C=N)c(Nc2ccn[nH]2)n1.OC1C=CCCC2(CCCO2)CC1. The van der Waals surface area contributed by atoms with Crippen molar-refractivity contribution < 1.29 is 14.6 Å². The number of aliphatic hydroxyl groups is 1. The number of pyridine rings is 1. The van der Waals surface area contributed by atoms with E-state index >= 15 is 0 Å². The summed E-state index contributed by atoms with van der Waals surface area (Å²) in [6.07, 6.45) is 14.1. The number of nitrogens with zero attached hydrogens (tertiary/aromatic N) is 2. The number of aromatic amines is 1. The topological polar surface area (TPSA) is 128 Å². The van der Waals surface area contributed by atoms with Crippen molar-refractivity contribution in [1.82, 2.24) is 15.2 Å². The monoisotopic (exact) mass is 470 g/mol.